The molecular weight excluding hydrogens is 332 g/mol. The molecule has 20 heavy (non-hydrogen) atoms. The number of amides is 1. The summed E-state index contributed by atoms with van der Waals surface area (Å²) in [5, 5.41) is 26.5. The number of phenolic OH excluding ortho intramolecular Hbond substituents is 1. The molecule has 2 rings (SSSR count). The molecule has 0 aliphatic carbocycles. The molecule has 9 heteroatoms. The molecule has 0 saturated heterocycles. The second-order valence-corrected chi connectivity index (χ2v) is 4.78. The Hall–Kier alpha value is -2.42. The third-order valence-corrected chi connectivity index (χ3v) is 2.78. The number of aromatic hydroxyl groups is 1. The predicted molar refractivity (Wildman–Crippen MR) is 73.3 cm³/mol. The summed E-state index contributed by atoms with van der Waals surface area (Å²) >= 11 is 3.20. The highest BCUT2D eigenvalue weighted by Gasteiger charge is 2.12. The van der Waals surface area contributed by atoms with Gasteiger partial charge in [-0.3, -0.25) is 19.6 Å². The molecule has 0 spiro atoms. The molecule has 0 saturated carbocycles. The number of aromatic nitrogens is 2. The van der Waals surface area contributed by atoms with Gasteiger partial charge in [0.15, 0.2) is 0 Å². The first-order chi connectivity index (χ1) is 9.45. The molecule has 0 bridgehead atoms. The van der Waals surface area contributed by atoms with Crippen LogP contribution in [0.3, 0.4) is 0 Å². The van der Waals surface area contributed by atoms with Crippen molar-refractivity contribution in [3.8, 4) is 5.75 Å². The van der Waals surface area contributed by atoms with Crippen LogP contribution in [-0.4, -0.2) is 25.7 Å². The number of phenols is 1. The maximum Gasteiger partial charge on any atom is 0.273 e. The number of rotatable bonds is 4. The summed E-state index contributed by atoms with van der Waals surface area (Å²) in [5.41, 5.74) is -0.150. The molecular formula is C11H9BrN4O4. The number of anilines is 1. The van der Waals surface area contributed by atoms with E-state index in [1.807, 2.05) is 0 Å². The van der Waals surface area contributed by atoms with Crippen LogP contribution in [0.4, 0.5) is 11.4 Å². The van der Waals surface area contributed by atoms with Gasteiger partial charge in [0.25, 0.3) is 5.69 Å². The highest BCUT2D eigenvalue weighted by molar-refractivity contribution is 9.10. The lowest BCUT2D eigenvalue weighted by molar-refractivity contribution is -0.384. The fraction of sp³-hybridized carbons (Fsp3) is 0.0909. The molecule has 8 nitrogen and oxygen atoms in total. The van der Waals surface area contributed by atoms with Gasteiger partial charge in [0.2, 0.25) is 5.91 Å². The molecule has 104 valence electrons. The third kappa shape index (κ3) is 3.32. The normalized spacial score (nSPS) is 10.2. The SMILES string of the molecule is O=C(Cn1cc(Br)cn1)Nc1ccc([N+](=O)[O-])cc1O. The minimum absolute atomic E-state index is 0.0397. The third-order valence-electron chi connectivity index (χ3n) is 2.37. The van der Waals surface area contributed by atoms with E-state index in [9.17, 15) is 20.0 Å². The number of halogens is 1. The van der Waals surface area contributed by atoms with Crippen molar-refractivity contribution in [3.63, 3.8) is 0 Å². The smallest absolute Gasteiger partial charge is 0.273 e. The van der Waals surface area contributed by atoms with E-state index in [1.54, 1.807) is 6.20 Å². The van der Waals surface area contributed by atoms with Crippen LogP contribution in [0, 0.1) is 10.1 Å². The lowest BCUT2D eigenvalue weighted by Gasteiger charge is -2.07. The van der Waals surface area contributed by atoms with Crippen molar-refractivity contribution >= 4 is 33.2 Å². The topological polar surface area (TPSA) is 110 Å². The van der Waals surface area contributed by atoms with Crippen molar-refractivity contribution in [2.24, 2.45) is 0 Å². The van der Waals surface area contributed by atoms with Crippen LogP contribution >= 0.6 is 15.9 Å². The van der Waals surface area contributed by atoms with E-state index in [1.165, 1.54) is 23.0 Å². The summed E-state index contributed by atoms with van der Waals surface area (Å²) < 4.78 is 2.14. The molecule has 0 atom stereocenters. The standard InChI is InChI=1S/C11H9BrN4O4/c12-7-4-13-15(5-7)6-11(18)14-9-2-1-8(16(19)20)3-10(9)17/h1-5,17H,6H2,(H,14,18). The molecule has 0 unspecified atom stereocenters. The second kappa shape index (κ2) is 5.70. The number of hydrogen-bond acceptors (Lipinski definition) is 5. The van der Waals surface area contributed by atoms with E-state index >= 15 is 0 Å². The van der Waals surface area contributed by atoms with Gasteiger partial charge in [-0.25, -0.2) is 0 Å². The summed E-state index contributed by atoms with van der Waals surface area (Å²) in [7, 11) is 0. The number of nitrogens with one attached hydrogen (secondary N) is 1. The van der Waals surface area contributed by atoms with E-state index in [0.29, 0.717) is 0 Å². The van der Waals surface area contributed by atoms with Crippen LogP contribution in [0.1, 0.15) is 0 Å². The molecule has 1 aromatic carbocycles. The van der Waals surface area contributed by atoms with Gasteiger partial charge in [-0.1, -0.05) is 0 Å². The van der Waals surface area contributed by atoms with E-state index in [0.717, 1.165) is 10.5 Å². The van der Waals surface area contributed by atoms with E-state index < -0.39 is 10.8 Å². The Morgan fingerprint density at radius 2 is 2.30 bits per heavy atom. The quantitative estimate of drug-likeness (QED) is 0.501. The van der Waals surface area contributed by atoms with Crippen molar-refractivity contribution < 1.29 is 14.8 Å². The molecule has 1 heterocycles. The van der Waals surface area contributed by atoms with Crippen LogP contribution < -0.4 is 5.32 Å². The van der Waals surface area contributed by atoms with Crippen molar-refractivity contribution in [1.82, 2.24) is 9.78 Å². The Kier molecular flexibility index (Phi) is 3.99. The number of hydrogen-bond donors (Lipinski definition) is 2. The highest BCUT2D eigenvalue weighted by Crippen LogP contribution is 2.27. The lowest BCUT2D eigenvalue weighted by atomic mass is 10.2. The molecule has 0 aliphatic rings. The van der Waals surface area contributed by atoms with Crippen molar-refractivity contribution in [2.75, 3.05) is 5.32 Å². The first kappa shape index (κ1) is 14.0. The van der Waals surface area contributed by atoms with Crippen LogP contribution in [-0.2, 0) is 11.3 Å². The zero-order valence-electron chi connectivity index (χ0n) is 9.99. The van der Waals surface area contributed by atoms with Crippen molar-refractivity contribution in [3.05, 3.63) is 45.2 Å². The fourth-order valence-corrected chi connectivity index (χ4v) is 1.83. The molecule has 0 radical (unpaired) electrons. The van der Waals surface area contributed by atoms with Crippen molar-refractivity contribution in [1.29, 1.82) is 0 Å². The Labute approximate surface area is 121 Å². The maximum absolute atomic E-state index is 11.7. The highest BCUT2D eigenvalue weighted by atomic mass is 79.9. The number of carbonyl (C=O) groups excluding carboxylic acids is 1. The summed E-state index contributed by atoms with van der Waals surface area (Å²) in [4.78, 5) is 21.6. The van der Waals surface area contributed by atoms with Crippen LogP contribution in [0.2, 0.25) is 0 Å². The minimum Gasteiger partial charge on any atom is -0.506 e. The average molecular weight is 341 g/mol. The summed E-state index contributed by atoms with van der Waals surface area (Å²) in [6.45, 7) is -0.0397. The zero-order valence-corrected chi connectivity index (χ0v) is 11.6. The van der Waals surface area contributed by atoms with Gasteiger partial charge in [0.1, 0.15) is 12.3 Å². The first-order valence-corrected chi connectivity index (χ1v) is 6.20. The Balaban J connectivity index is 2.06. The van der Waals surface area contributed by atoms with Gasteiger partial charge in [0, 0.05) is 12.3 Å². The largest absolute Gasteiger partial charge is 0.506 e. The molecule has 0 aliphatic heterocycles. The van der Waals surface area contributed by atoms with E-state index in [-0.39, 0.29) is 23.7 Å². The minimum atomic E-state index is -0.632. The Bertz CT molecular complexity index is 670. The molecule has 0 fully saturated rings. The van der Waals surface area contributed by atoms with Gasteiger partial charge in [-0.05, 0) is 22.0 Å². The number of carbonyl (C=O) groups is 1. The zero-order chi connectivity index (χ0) is 14.7. The Morgan fingerprint density at radius 3 is 2.85 bits per heavy atom. The van der Waals surface area contributed by atoms with E-state index in [2.05, 4.69) is 26.3 Å². The molecule has 1 aromatic heterocycles. The molecule has 2 N–H and O–H groups in total. The van der Waals surface area contributed by atoms with Gasteiger partial charge >= 0.3 is 0 Å². The van der Waals surface area contributed by atoms with Crippen LogP contribution in [0.15, 0.2) is 35.1 Å². The van der Waals surface area contributed by atoms with Gasteiger partial charge in [-0.2, -0.15) is 5.10 Å². The van der Waals surface area contributed by atoms with E-state index in [4.69, 9.17) is 0 Å². The lowest BCUT2D eigenvalue weighted by Crippen LogP contribution is -2.19. The van der Waals surface area contributed by atoms with Gasteiger partial charge in [0.05, 0.1) is 27.3 Å². The van der Waals surface area contributed by atoms with Crippen LogP contribution in [0.25, 0.3) is 0 Å². The first-order valence-electron chi connectivity index (χ1n) is 5.41. The summed E-state index contributed by atoms with van der Waals surface area (Å²) in [5.74, 6) is -0.779. The van der Waals surface area contributed by atoms with Gasteiger partial charge in [-0.15, -0.1) is 0 Å². The number of benzene rings is 1. The number of non-ortho nitro benzene ring substituents is 1. The average Bonchev–Trinajstić information content (AvgIpc) is 2.77. The second-order valence-electron chi connectivity index (χ2n) is 3.86. The van der Waals surface area contributed by atoms with Gasteiger partial charge < -0.3 is 10.4 Å². The Morgan fingerprint density at radius 1 is 1.55 bits per heavy atom. The number of nitro groups is 1. The number of nitrogens with zero attached hydrogens (tertiary/aromatic N) is 3. The summed E-state index contributed by atoms with van der Waals surface area (Å²) in [6, 6.07) is 3.43. The number of nitro benzene ring substituents is 1. The molecule has 1 amide bonds. The predicted octanol–water partition coefficient (Wildman–Crippen LogP) is 1.90. The maximum atomic E-state index is 11.7. The molecule has 2 aromatic rings. The summed E-state index contributed by atoms with van der Waals surface area (Å²) in [6.07, 6.45) is 3.16. The van der Waals surface area contributed by atoms with Crippen molar-refractivity contribution in [2.45, 2.75) is 6.54 Å². The van der Waals surface area contributed by atoms with Crippen LogP contribution in [0.5, 0.6) is 5.75 Å². The monoisotopic (exact) mass is 340 g/mol. The fourth-order valence-electron chi connectivity index (χ4n) is 1.50.